The largest absolute Gasteiger partial charge is 0.389 e. The number of halogens is 3. The quantitative estimate of drug-likeness (QED) is 0.853. The van der Waals surface area contributed by atoms with Crippen LogP contribution in [0.5, 0.6) is 0 Å². The second-order valence-electron chi connectivity index (χ2n) is 5.49. The minimum absolute atomic E-state index is 0.0666. The van der Waals surface area contributed by atoms with Crippen molar-refractivity contribution in [1.29, 1.82) is 0 Å². The molecule has 0 fully saturated rings. The zero-order valence-electron chi connectivity index (χ0n) is 11.9. The van der Waals surface area contributed by atoms with Gasteiger partial charge in [-0.05, 0) is 62.8 Å². The maximum Gasteiger partial charge on any atom is 0.389 e. The van der Waals surface area contributed by atoms with Gasteiger partial charge in [-0.15, -0.1) is 0 Å². The van der Waals surface area contributed by atoms with E-state index in [9.17, 15) is 18.3 Å². The summed E-state index contributed by atoms with van der Waals surface area (Å²) in [6.07, 6.45) is -4.97. The van der Waals surface area contributed by atoms with Crippen LogP contribution in [0.1, 0.15) is 48.4 Å². The molecule has 0 heterocycles. The summed E-state index contributed by atoms with van der Waals surface area (Å²) < 4.78 is 36.4. The Balaban J connectivity index is 2.85. The lowest BCUT2D eigenvalue weighted by atomic mass is 9.85. The Kier molecular flexibility index (Phi) is 4.67. The molecule has 0 aliphatic heterocycles. The van der Waals surface area contributed by atoms with E-state index < -0.39 is 18.2 Å². The molecule has 1 atom stereocenters. The molecule has 19 heavy (non-hydrogen) atoms. The Morgan fingerprint density at radius 1 is 0.947 bits per heavy atom. The number of rotatable bonds is 4. The number of hydrogen-bond acceptors (Lipinski definition) is 1. The third-order valence-corrected chi connectivity index (χ3v) is 3.54. The monoisotopic (exact) mass is 274 g/mol. The highest BCUT2D eigenvalue weighted by molar-refractivity contribution is 5.39. The Hall–Kier alpha value is -1.03. The summed E-state index contributed by atoms with van der Waals surface area (Å²) in [5.41, 5.74) is 2.58. The molecule has 1 unspecified atom stereocenters. The Morgan fingerprint density at radius 3 is 2.00 bits per heavy atom. The summed E-state index contributed by atoms with van der Waals surface area (Å²) in [7, 11) is 0. The summed E-state index contributed by atoms with van der Waals surface area (Å²) >= 11 is 0. The molecule has 0 aliphatic carbocycles. The van der Waals surface area contributed by atoms with Crippen LogP contribution in [0.2, 0.25) is 0 Å². The van der Waals surface area contributed by atoms with Crippen molar-refractivity contribution >= 4 is 0 Å². The molecular formula is C15H21F3O. The van der Waals surface area contributed by atoms with Gasteiger partial charge < -0.3 is 5.11 Å². The highest BCUT2D eigenvalue weighted by Crippen LogP contribution is 2.33. The molecule has 0 bridgehead atoms. The zero-order valence-corrected chi connectivity index (χ0v) is 11.9. The minimum atomic E-state index is -4.16. The molecule has 1 nitrogen and oxygen atoms in total. The van der Waals surface area contributed by atoms with Gasteiger partial charge in [-0.3, -0.25) is 0 Å². The van der Waals surface area contributed by atoms with E-state index in [1.165, 1.54) is 0 Å². The summed E-state index contributed by atoms with van der Waals surface area (Å²) in [6, 6.07) is 3.83. The van der Waals surface area contributed by atoms with E-state index in [1.54, 1.807) is 6.92 Å². The minimum Gasteiger partial charge on any atom is -0.385 e. The number of alkyl halides is 3. The standard InChI is InChI=1S/C15H21F3O/c1-10-8-12(3)13(9-11(10)2)14(4,19)6-5-7-15(16,17)18/h8-9,19H,5-7H2,1-4H3. The first-order valence-electron chi connectivity index (χ1n) is 6.40. The van der Waals surface area contributed by atoms with E-state index in [2.05, 4.69) is 0 Å². The average molecular weight is 274 g/mol. The van der Waals surface area contributed by atoms with Crippen molar-refractivity contribution < 1.29 is 18.3 Å². The van der Waals surface area contributed by atoms with Gasteiger partial charge in [0.1, 0.15) is 0 Å². The first-order valence-corrected chi connectivity index (χ1v) is 6.40. The van der Waals surface area contributed by atoms with Gasteiger partial charge in [-0.2, -0.15) is 13.2 Å². The number of aliphatic hydroxyl groups is 1. The van der Waals surface area contributed by atoms with Gasteiger partial charge in [-0.1, -0.05) is 12.1 Å². The van der Waals surface area contributed by atoms with Gasteiger partial charge in [0.05, 0.1) is 5.60 Å². The summed E-state index contributed by atoms with van der Waals surface area (Å²) in [5.74, 6) is 0. The van der Waals surface area contributed by atoms with E-state index in [-0.39, 0.29) is 12.8 Å². The van der Waals surface area contributed by atoms with Crippen molar-refractivity contribution in [3.8, 4) is 0 Å². The van der Waals surface area contributed by atoms with E-state index in [0.717, 1.165) is 22.3 Å². The topological polar surface area (TPSA) is 20.2 Å². The molecule has 1 aromatic carbocycles. The third kappa shape index (κ3) is 4.53. The van der Waals surface area contributed by atoms with Crippen LogP contribution < -0.4 is 0 Å². The molecule has 0 amide bonds. The van der Waals surface area contributed by atoms with Crippen molar-refractivity contribution in [3.63, 3.8) is 0 Å². The molecule has 0 saturated carbocycles. The molecule has 4 heteroatoms. The smallest absolute Gasteiger partial charge is 0.385 e. The van der Waals surface area contributed by atoms with Crippen molar-refractivity contribution in [3.05, 3.63) is 34.4 Å². The lowest BCUT2D eigenvalue weighted by Gasteiger charge is -2.27. The van der Waals surface area contributed by atoms with Gasteiger partial charge in [-0.25, -0.2) is 0 Å². The average Bonchev–Trinajstić information content (AvgIpc) is 2.20. The molecule has 108 valence electrons. The summed E-state index contributed by atoms with van der Waals surface area (Å²) in [5, 5.41) is 10.4. The Morgan fingerprint density at radius 2 is 1.47 bits per heavy atom. The van der Waals surface area contributed by atoms with Crippen molar-refractivity contribution in [2.45, 2.75) is 58.7 Å². The highest BCUT2D eigenvalue weighted by atomic mass is 19.4. The zero-order chi connectivity index (χ0) is 14.8. The lowest BCUT2D eigenvalue weighted by molar-refractivity contribution is -0.137. The SMILES string of the molecule is Cc1cc(C)c(C(C)(O)CCCC(F)(F)F)cc1C. The van der Waals surface area contributed by atoms with Gasteiger partial charge in [0.25, 0.3) is 0 Å². The fourth-order valence-electron chi connectivity index (χ4n) is 2.31. The van der Waals surface area contributed by atoms with Crippen molar-refractivity contribution in [2.24, 2.45) is 0 Å². The van der Waals surface area contributed by atoms with Crippen LogP contribution in [0.3, 0.4) is 0 Å². The Labute approximate surface area is 112 Å². The van der Waals surface area contributed by atoms with E-state index in [4.69, 9.17) is 0 Å². The summed E-state index contributed by atoms with van der Waals surface area (Å²) in [4.78, 5) is 0. The molecule has 1 rings (SSSR count). The van der Waals surface area contributed by atoms with E-state index in [1.807, 2.05) is 32.9 Å². The van der Waals surface area contributed by atoms with Crippen LogP contribution in [0, 0.1) is 20.8 Å². The number of aryl methyl sites for hydroxylation is 3. The van der Waals surface area contributed by atoms with Gasteiger partial charge in [0.15, 0.2) is 0 Å². The third-order valence-electron chi connectivity index (χ3n) is 3.54. The normalized spacial score (nSPS) is 15.4. The molecule has 0 spiro atoms. The predicted octanol–water partition coefficient (Wildman–Crippen LogP) is 4.55. The molecule has 0 radical (unpaired) electrons. The number of benzene rings is 1. The maximum absolute atomic E-state index is 12.1. The second-order valence-corrected chi connectivity index (χ2v) is 5.49. The van der Waals surface area contributed by atoms with Crippen LogP contribution in [-0.4, -0.2) is 11.3 Å². The first-order chi connectivity index (χ1) is 8.53. The van der Waals surface area contributed by atoms with Gasteiger partial charge in [0.2, 0.25) is 0 Å². The molecule has 0 aromatic heterocycles. The van der Waals surface area contributed by atoms with Crippen LogP contribution in [0.4, 0.5) is 13.2 Å². The van der Waals surface area contributed by atoms with Crippen molar-refractivity contribution in [2.75, 3.05) is 0 Å². The fraction of sp³-hybridized carbons (Fsp3) is 0.600. The van der Waals surface area contributed by atoms with Crippen LogP contribution in [0.25, 0.3) is 0 Å². The Bertz CT molecular complexity index is 447. The van der Waals surface area contributed by atoms with Gasteiger partial charge >= 0.3 is 6.18 Å². The van der Waals surface area contributed by atoms with Crippen LogP contribution in [0.15, 0.2) is 12.1 Å². The maximum atomic E-state index is 12.1. The van der Waals surface area contributed by atoms with Crippen LogP contribution >= 0.6 is 0 Å². The van der Waals surface area contributed by atoms with Crippen molar-refractivity contribution in [1.82, 2.24) is 0 Å². The van der Waals surface area contributed by atoms with E-state index in [0.29, 0.717) is 0 Å². The van der Waals surface area contributed by atoms with Gasteiger partial charge in [0, 0.05) is 6.42 Å². The molecular weight excluding hydrogens is 253 g/mol. The lowest BCUT2D eigenvalue weighted by Crippen LogP contribution is -2.23. The van der Waals surface area contributed by atoms with E-state index >= 15 is 0 Å². The molecule has 1 aromatic rings. The molecule has 0 saturated heterocycles. The summed E-state index contributed by atoms with van der Waals surface area (Å²) in [6.45, 7) is 7.37. The van der Waals surface area contributed by atoms with Crippen LogP contribution in [-0.2, 0) is 5.60 Å². The first kappa shape index (κ1) is 16.0. The fourth-order valence-corrected chi connectivity index (χ4v) is 2.31. The predicted molar refractivity (Wildman–Crippen MR) is 70.1 cm³/mol. The molecule has 0 aliphatic rings. The second kappa shape index (κ2) is 5.53. The number of hydrogen-bond donors (Lipinski definition) is 1. The molecule has 1 N–H and O–H groups in total. The highest BCUT2D eigenvalue weighted by Gasteiger charge is 2.30.